The Hall–Kier alpha value is -1.93. The number of carboxylic acid groups (broad SMARTS) is 1. The third-order valence-electron chi connectivity index (χ3n) is 2.86. The van der Waals surface area contributed by atoms with Crippen LogP contribution < -0.4 is 11.1 Å². The van der Waals surface area contributed by atoms with Crippen molar-refractivity contribution in [3.63, 3.8) is 0 Å². The van der Waals surface area contributed by atoms with Crippen molar-refractivity contribution < 1.29 is 23.1 Å². The van der Waals surface area contributed by atoms with Crippen molar-refractivity contribution >= 4 is 27.4 Å². The molecule has 1 atom stereocenters. The zero-order valence-electron chi connectivity index (χ0n) is 11.8. The highest BCUT2D eigenvalue weighted by Crippen LogP contribution is 2.15. The molecule has 0 fully saturated rings. The molecule has 1 aromatic rings. The number of benzene rings is 1. The highest BCUT2D eigenvalue weighted by Gasteiger charge is 2.16. The van der Waals surface area contributed by atoms with Gasteiger partial charge in [-0.2, -0.15) is 0 Å². The second kappa shape index (κ2) is 6.68. The van der Waals surface area contributed by atoms with Crippen LogP contribution in [0, 0.1) is 6.92 Å². The normalized spacial score (nSPS) is 12.7. The van der Waals surface area contributed by atoms with Gasteiger partial charge < -0.3 is 16.2 Å². The molecule has 116 valence electrons. The van der Waals surface area contributed by atoms with Crippen LogP contribution in [0.15, 0.2) is 18.2 Å². The molecule has 0 heterocycles. The molecule has 0 spiro atoms. The third kappa shape index (κ3) is 5.52. The van der Waals surface area contributed by atoms with Crippen LogP contribution in [0.25, 0.3) is 0 Å². The number of rotatable bonds is 6. The maximum absolute atomic E-state index is 11.8. The van der Waals surface area contributed by atoms with Crippen LogP contribution >= 0.6 is 0 Å². The molecule has 1 unspecified atom stereocenters. The van der Waals surface area contributed by atoms with E-state index in [2.05, 4.69) is 5.32 Å². The maximum Gasteiger partial charge on any atom is 0.335 e. The minimum absolute atomic E-state index is 0.0247. The summed E-state index contributed by atoms with van der Waals surface area (Å²) < 4.78 is 22.0. The van der Waals surface area contributed by atoms with Crippen LogP contribution in [0.2, 0.25) is 0 Å². The zero-order valence-corrected chi connectivity index (χ0v) is 12.6. The quantitative estimate of drug-likeness (QED) is 0.697. The van der Waals surface area contributed by atoms with Gasteiger partial charge in [0.25, 0.3) is 0 Å². The first-order chi connectivity index (χ1) is 9.60. The van der Waals surface area contributed by atoms with Gasteiger partial charge in [-0.05, 0) is 37.1 Å². The third-order valence-corrected chi connectivity index (χ3v) is 3.84. The standard InChI is InChI=1S/C13H18N2O5S/c1-8-7-9(3-4-10(8)13(17)18)15-12(16)11(14)5-6-21(2,19)20/h3-4,7,11H,5-6,14H2,1-2H3,(H,15,16)(H,17,18). The van der Waals surface area contributed by atoms with Gasteiger partial charge in [-0.25, -0.2) is 13.2 Å². The summed E-state index contributed by atoms with van der Waals surface area (Å²) in [6.07, 6.45) is 1.10. The minimum Gasteiger partial charge on any atom is -0.478 e. The minimum atomic E-state index is -3.17. The number of aryl methyl sites for hydroxylation is 1. The second-order valence-corrected chi connectivity index (χ2v) is 7.11. The van der Waals surface area contributed by atoms with Gasteiger partial charge in [0.15, 0.2) is 0 Å². The summed E-state index contributed by atoms with van der Waals surface area (Å²) in [5.41, 5.74) is 6.68. The lowest BCUT2D eigenvalue weighted by molar-refractivity contribution is -0.117. The van der Waals surface area contributed by atoms with Gasteiger partial charge in [0.05, 0.1) is 17.4 Å². The van der Waals surface area contributed by atoms with Crippen LogP contribution in [0.5, 0.6) is 0 Å². The molecular weight excluding hydrogens is 296 g/mol. The number of carboxylic acids is 1. The van der Waals surface area contributed by atoms with E-state index in [4.69, 9.17) is 10.8 Å². The Morgan fingerprint density at radius 3 is 2.48 bits per heavy atom. The Kier molecular flexibility index (Phi) is 5.45. The summed E-state index contributed by atoms with van der Waals surface area (Å²) in [6, 6.07) is 3.41. The number of hydrogen-bond donors (Lipinski definition) is 3. The molecule has 1 amide bonds. The van der Waals surface area contributed by atoms with Crippen molar-refractivity contribution in [2.75, 3.05) is 17.3 Å². The summed E-state index contributed by atoms with van der Waals surface area (Å²) in [5, 5.41) is 11.4. The predicted molar refractivity (Wildman–Crippen MR) is 79.1 cm³/mol. The molecule has 1 rings (SSSR count). The number of sulfone groups is 1. The number of carbonyl (C=O) groups excluding carboxylic acids is 1. The smallest absolute Gasteiger partial charge is 0.335 e. The first-order valence-electron chi connectivity index (χ1n) is 6.18. The van der Waals surface area contributed by atoms with Gasteiger partial charge in [0.1, 0.15) is 9.84 Å². The molecule has 21 heavy (non-hydrogen) atoms. The molecule has 7 nitrogen and oxygen atoms in total. The highest BCUT2D eigenvalue weighted by molar-refractivity contribution is 7.90. The number of carbonyl (C=O) groups is 2. The molecule has 0 saturated heterocycles. The lowest BCUT2D eigenvalue weighted by Crippen LogP contribution is -2.37. The Balaban J connectivity index is 2.70. The molecule has 4 N–H and O–H groups in total. The monoisotopic (exact) mass is 314 g/mol. The lowest BCUT2D eigenvalue weighted by Gasteiger charge is -2.12. The predicted octanol–water partition coefficient (Wildman–Crippen LogP) is 0.394. The van der Waals surface area contributed by atoms with Crippen molar-refractivity contribution in [1.82, 2.24) is 0 Å². The first kappa shape index (κ1) is 17.1. The summed E-state index contributed by atoms with van der Waals surface area (Å²) in [4.78, 5) is 22.7. The second-order valence-electron chi connectivity index (χ2n) is 4.85. The van der Waals surface area contributed by atoms with Gasteiger partial charge in [-0.3, -0.25) is 4.79 Å². The van der Waals surface area contributed by atoms with E-state index in [1.54, 1.807) is 6.92 Å². The fraction of sp³-hybridized carbons (Fsp3) is 0.385. The van der Waals surface area contributed by atoms with Crippen LogP contribution in [0.3, 0.4) is 0 Å². The van der Waals surface area contributed by atoms with E-state index in [9.17, 15) is 18.0 Å². The van der Waals surface area contributed by atoms with Crippen molar-refractivity contribution in [1.29, 1.82) is 0 Å². The molecule has 0 bridgehead atoms. The summed E-state index contributed by atoms with van der Waals surface area (Å²) >= 11 is 0. The van der Waals surface area contributed by atoms with E-state index in [-0.39, 0.29) is 17.7 Å². The molecule has 0 aliphatic carbocycles. The number of hydrogen-bond acceptors (Lipinski definition) is 5. The number of nitrogens with one attached hydrogen (secondary N) is 1. The molecule has 0 aliphatic rings. The van der Waals surface area contributed by atoms with E-state index in [1.165, 1.54) is 18.2 Å². The van der Waals surface area contributed by atoms with Gasteiger partial charge in [-0.1, -0.05) is 0 Å². The Morgan fingerprint density at radius 2 is 2.00 bits per heavy atom. The van der Waals surface area contributed by atoms with E-state index >= 15 is 0 Å². The molecule has 0 aromatic heterocycles. The van der Waals surface area contributed by atoms with Crippen LogP contribution in [0.1, 0.15) is 22.3 Å². The van der Waals surface area contributed by atoms with Crippen molar-refractivity contribution in [3.05, 3.63) is 29.3 Å². The molecule has 0 radical (unpaired) electrons. The molecule has 0 saturated carbocycles. The average molecular weight is 314 g/mol. The van der Waals surface area contributed by atoms with E-state index in [0.717, 1.165) is 6.26 Å². The summed E-state index contributed by atoms with van der Waals surface area (Å²) in [6.45, 7) is 1.61. The van der Waals surface area contributed by atoms with Crippen molar-refractivity contribution in [3.8, 4) is 0 Å². The van der Waals surface area contributed by atoms with Gasteiger partial charge in [0.2, 0.25) is 5.91 Å². The van der Waals surface area contributed by atoms with Crippen LogP contribution in [-0.4, -0.2) is 43.5 Å². The van der Waals surface area contributed by atoms with Crippen LogP contribution in [0.4, 0.5) is 5.69 Å². The maximum atomic E-state index is 11.8. The first-order valence-corrected chi connectivity index (χ1v) is 8.24. The van der Waals surface area contributed by atoms with Crippen molar-refractivity contribution in [2.45, 2.75) is 19.4 Å². The fourth-order valence-electron chi connectivity index (χ4n) is 1.69. The highest BCUT2D eigenvalue weighted by atomic mass is 32.2. The van der Waals surface area contributed by atoms with E-state index < -0.39 is 27.8 Å². The van der Waals surface area contributed by atoms with Crippen molar-refractivity contribution in [2.24, 2.45) is 5.73 Å². The van der Waals surface area contributed by atoms with Gasteiger partial charge in [0, 0.05) is 11.9 Å². The zero-order chi connectivity index (χ0) is 16.2. The number of amides is 1. The fourth-order valence-corrected chi connectivity index (χ4v) is 2.37. The summed E-state index contributed by atoms with van der Waals surface area (Å²) in [5.74, 6) is -1.73. The SMILES string of the molecule is Cc1cc(NC(=O)C(N)CCS(C)(=O)=O)ccc1C(=O)O. The number of anilines is 1. The number of nitrogens with two attached hydrogens (primary N) is 1. The molecule has 0 aliphatic heterocycles. The topological polar surface area (TPSA) is 127 Å². The number of aromatic carboxylic acids is 1. The van der Waals surface area contributed by atoms with E-state index in [1.807, 2.05) is 0 Å². The van der Waals surface area contributed by atoms with Gasteiger partial charge >= 0.3 is 5.97 Å². The Bertz CT molecular complexity index is 655. The Morgan fingerprint density at radius 1 is 1.38 bits per heavy atom. The lowest BCUT2D eigenvalue weighted by atomic mass is 10.1. The largest absolute Gasteiger partial charge is 0.478 e. The Labute approximate surface area is 123 Å². The molecular formula is C13H18N2O5S. The summed E-state index contributed by atoms with van der Waals surface area (Å²) in [7, 11) is -3.17. The van der Waals surface area contributed by atoms with E-state index in [0.29, 0.717) is 11.3 Å². The average Bonchev–Trinajstić information content (AvgIpc) is 2.34. The molecule has 1 aromatic carbocycles. The van der Waals surface area contributed by atoms with Gasteiger partial charge in [-0.15, -0.1) is 0 Å². The van der Waals surface area contributed by atoms with Crippen LogP contribution in [-0.2, 0) is 14.6 Å². The molecule has 8 heteroatoms.